The summed E-state index contributed by atoms with van der Waals surface area (Å²) in [6, 6.07) is 21.9. The molecule has 3 aromatic carbocycles. The first-order valence-corrected chi connectivity index (χ1v) is 13.9. The van der Waals surface area contributed by atoms with Gasteiger partial charge in [-0.05, 0) is 29.5 Å². The molecule has 0 saturated carbocycles. The van der Waals surface area contributed by atoms with Crippen LogP contribution in [-0.4, -0.2) is 64.0 Å². The number of benzene rings is 3. The molecule has 0 fully saturated rings. The molecule has 11 heteroatoms. The minimum absolute atomic E-state index is 0.0203. The lowest BCUT2D eigenvalue weighted by Crippen LogP contribution is -2.58. The standard InChI is InChI=1S/C32H36N4O7/c33-24(18-21-10-4-1-5-11-21)29(39)35-26(19-22-12-6-2-7-13-22)31(41)34-25(16-17-28(37)38)30(40)36-27(32(42)43)20-23-14-8-3-9-15-23/h1-15,24-27H,16-20,33H2,(H,34,41)(H,35,39)(H,36,40)(H,37,38)(H,42,43). The van der Waals surface area contributed by atoms with Crippen LogP contribution < -0.4 is 21.7 Å². The number of nitrogens with two attached hydrogens (primary N) is 1. The van der Waals surface area contributed by atoms with E-state index < -0.39 is 60.2 Å². The van der Waals surface area contributed by atoms with Crippen molar-refractivity contribution in [3.8, 4) is 0 Å². The molecule has 0 radical (unpaired) electrons. The second-order valence-electron chi connectivity index (χ2n) is 10.1. The van der Waals surface area contributed by atoms with Crippen molar-refractivity contribution in [2.75, 3.05) is 0 Å². The highest BCUT2D eigenvalue weighted by Crippen LogP contribution is 2.09. The summed E-state index contributed by atoms with van der Waals surface area (Å²) in [6.45, 7) is 0. The van der Waals surface area contributed by atoms with E-state index in [-0.39, 0.29) is 25.7 Å². The zero-order chi connectivity index (χ0) is 31.2. The SMILES string of the molecule is NC(Cc1ccccc1)C(=O)NC(Cc1ccccc1)C(=O)NC(CCC(=O)O)C(=O)NC(Cc1ccccc1)C(=O)O. The number of rotatable bonds is 16. The number of amides is 3. The molecule has 0 aliphatic rings. The van der Waals surface area contributed by atoms with Gasteiger partial charge >= 0.3 is 11.9 Å². The van der Waals surface area contributed by atoms with Crippen molar-refractivity contribution >= 4 is 29.7 Å². The van der Waals surface area contributed by atoms with Gasteiger partial charge in [-0.3, -0.25) is 19.2 Å². The molecular weight excluding hydrogens is 552 g/mol. The molecule has 11 nitrogen and oxygen atoms in total. The van der Waals surface area contributed by atoms with Gasteiger partial charge in [0.05, 0.1) is 6.04 Å². The van der Waals surface area contributed by atoms with Crippen molar-refractivity contribution in [1.82, 2.24) is 16.0 Å². The monoisotopic (exact) mass is 588 g/mol. The third-order valence-electron chi connectivity index (χ3n) is 6.73. The van der Waals surface area contributed by atoms with Crippen molar-refractivity contribution in [3.63, 3.8) is 0 Å². The van der Waals surface area contributed by atoms with E-state index in [1.807, 2.05) is 30.3 Å². The fourth-order valence-corrected chi connectivity index (χ4v) is 4.43. The van der Waals surface area contributed by atoms with Gasteiger partial charge in [-0.15, -0.1) is 0 Å². The molecule has 0 spiro atoms. The predicted molar refractivity (Wildman–Crippen MR) is 159 cm³/mol. The van der Waals surface area contributed by atoms with E-state index in [4.69, 9.17) is 5.73 Å². The van der Waals surface area contributed by atoms with E-state index in [2.05, 4.69) is 16.0 Å². The number of carbonyl (C=O) groups excluding carboxylic acids is 3. The third kappa shape index (κ3) is 11.0. The smallest absolute Gasteiger partial charge is 0.326 e. The summed E-state index contributed by atoms with van der Waals surface area (Å²) in [5.74, 6) is -4.68. The lowest BCUT2D eigenvalue weighted by Gasteiger charge is -2.25. The fourth-order valence-electron chi connectivity index (χ4n) is 4.43. The molecule has 0 heterocycles. The molecule has 0 bridgehead atoms. The minimum Gasteiger partial charge on any atom is -0.481 e. The number of hydrogen-bond acceptors (Lipinski definition) is 6. The summed E-state index contributed by atoms with van der Waals surface area (Å²) in [5.41, 5.74) is 8.36. The number of carboxylic acid groups (broad SMARTS) is 2. The maximum Gasteiger partial charge on any atom is 0.326 e. The maximum atomic E-state index is 13.5. The number of hydrogen-bond donors (Lipinski definition) is 6. The van der Waals surface area contributed by atoms with Gasteiger partial charge in [-0.25, -0.2) is 4.79 Å². The topological polar surface area (TPSA) is 188 Å². The summed E-state index contributed by atoms with van der Waals surface area (Å²) < 4.78 is 0. The predicted octanol–water partition coefficient (Wildman–Crippen LogP) is 1.45. The molecule has 0 aromatic heterocycles. The van der Waals surface area contributed by atoms with E-state index in [1.54, 1.807) is 60.7 Å². The quantitative estimate of drug-likeness (QED) is 0.145. The molecule has 0 saturated heterocycles. The van der Waals surface area contributed by atoms with Crippen LogP contribution in [0.25, 0.3) is 0 Å². The van der Waals surface area contributed by atoms with Gasteiger partial charge in [0.1, 0.15) is 18.1 Å². The number of nitrogens with one attached hydrogen (secondary N) is 3. The summed E-state index contributed by atoms with van der Waals surface area (Å²) in [6.07, 6.45) is -0.493. The lowest BCUT2D eigenvalue weighted by molar-refractivity contribution is -0.143. The molecule has 43 heavy (non-hydrogen) atoms. The van der Waals surface area contributed by atoms with Gasteiger partial charge in [-0.2, -0.15) is 0 Å². The van der Waals surface area contributed by atoms with E-state index in [1.165, 1.54) is 0 Å². The Morgan fingerprint density at radius 2 is 0.953 bits per heavy atom. The Bertz CT molecular complexity index is 1370. The Hall–Kier alpha value is -5.03. The number of carbonyl (C=O) groups is 5. The van der Waals surface area contributed by atoms with Gasteiger partial charge in [0.2, 0.25) is 17.7 Å². The average Bonchev–Trinajstić information content (AvgIpc) is 2.99. The highest BCUT2D eigenvalue weighted by molar-refractivity contribution is 5.94. The second kappa shape index (κ2) is 16.4. The first kappa shape index (κ1) is 32.5. The first-order valence-electron chi connectivity index (χ1n) is 13.9. The first-order chi connectivity index (χ1) is 20.6. The minimum atomic E-state index is -1.38. The summed E-state index contributed by atoms with van der Waals surface area (Å²) in [5, 5.41) is 26.6. The largest absolute Gasteiger partial charge is 0.481 e. The Morgan fingerprint density at radius 3 is 1.42 bits per heavy atom. The van der Waals surface area contributed by atoms with Crippen molar-refractivity contribution in [1.29, 1.82) is 0 Å². The number of aliphatic carboxylic acids is 2. The van der Waals surface area contributed by atoms with Crippen molar-refractivity contribution in [2.24, 2.45) is 5.73 Å². The van der Waals surface area contributed by atoms with E-state index >= 15 is 0 Å². The van der Waals surface area contributed by atoms with Crippen molar-refractivity contribution in [3.05, 3.63) is 108 Å². The van der Waals surface area contributed by atoms with Crippen LogP contribution >= 0.6 is 0 Å². The summed E-state index contributed by atoms with van der Waals surface area (Å²) in [7, 11) is 0. The molecule has 4 unspecified atom stereocenters. The molecular formula is C32H36N4O7. The van der Waals surface area contributed by atoms with Gasteiger partial charge < -0.3 is 31.9 Å². The normalized spacial score (nSPS) is 13.5. The summed E-state index contributed by atoms with van der Waals surface area (Å²) >= 11 is 0. The van der Waals surface area contributed by atoms with E-state index in [9.17, 15) is 34.2 Å². The molecule has 0 aliphatic carbocycles. The molecule has 4 atom stereocenters. The molecule has 226 valence electrons. The van der Waals surface area contributed by atoms with Gasteiger partial charge in [0, 0.05) is 19.3 Å². The fraction of sp³-hybridized carbons (Fsp3) is 0.281. The molecule has 3 amide bonds. The van der Waals surface area contributed by atoms with Crippen LogP contribution in [0.3, 0.4) is 0 Å². The zero-order valence-electron chi connectivity index (χ0n) is 23.5. The van der Waals surface area contributed by atoms with Gasteiger partial charge in [0.15, 0.2) is 0 Å². The highest BCUT2D eigenvalue weighted by atomic mass is 16.4. The van der Waals surface area contributed by atoms with Crippen LogP contribution in [0.1, 0.15) is 29.5 Å². The Kier molecular flexibility index (Phi) is 12.4. The van der Waals surface area contributed by atoms with Crippen LogP contribution in [0.2, 0.25) is 0 Å². The van der Waals surface area contributed by atoms with Crippen LogP contribution in [0.5, 0.6) is 0 Å². The molecule has 3 rings (SSSR count). The van der Waals surface area contributed by atoms with E-state index in [0.29, 0.717) is 5.56 Å². The van der Waals surface area contributed by atoms with Crippen LogP contribution in [0, 0.1) is 0 Å². The zero-order valence-corrected chi connectivity index (χ0v) is 23.5. The number of carboxylic acids is 2. The van der Waals surface area contributed by atoms with Gasteiger partial charge in [0.25, 0.3) is 0 Å². The molecule has 3 aromatic rings. The third-order valence-corrected chi connectivity index (χ3v) is 6.73. The van der Waals surface area contributed by atoms with Crippen molar-refractivity contribution in [2.45, 2.75) is 56.3 Å². The Balaban J connectivity index is 1.77. The van der Waals surface area contributed by atoms with Crippen LogP contribution in [-0.2, 0) is 43.2 Å². The average molecular weight is 589 g/mol. The maximum absolute atomic E-state index is 13.5. The highest BCUT2D eigenvalue weighted by Gasteiger charge is 2.31. The van der Waals surface area contributed by atoms with Crippen LogP contribution in [0.15, 0.2) is 91.0 Å². The van der Waals surface area contributed by atoms with Crippen LogP contribution in [0.4, 0.5) is 0 Å². The van der Waals surface area contributed by atoms with E-state index in [0.717, 1.165) is 11.1 Å². The lowest BCUT2D eigenvalue weighted by atomic mass is 10.0. The Labute approximate surface area is 249 Å². The van der Waals surface area contributed by atoms with Crippen molar-refractivity contribution < 1.29 is 34.2 Å². The summed E-state index contributed by atoms with van der Waals surface area (Å²) in [4.78, 5) is 63.0. The molecule has 0 aliphatic heterocycles. The Morgan fingerprint density at radius 1 is 0.558 bits per heavy atom. The second-order valence-corrected chi connectivity index (χ2v) is 10.1. The molecule has 7 N–H and O–H groups in total. The van der Waals surface area contributed by atoms with Gasteiger partial charge in [-0.1, -0.05) is 91.0 Å².